The van der Waals surface area contributed by atoms with Gasteiger partial charge in [-0.25, -0.2) is 4.39 Å². The molecule has 7 nitrogen and oxygen atoms in total. The Morgan fingerprint density at radius 1 is 0.976 bits per heavy atom. The number of likely N-dealkylation sites (tertiary alicyclic amines) is 1. The average Bonchev–Trinajstić information content (AvgIpc) is 2.86. The van der Waals surface area contributed by atoms with Crippen LogP contribution in [0.5, 0.6) is 5.75 Å². The number of halogens is 1. The van der Waals surface area contributed by atoms with Gasteiger partial charge in [-0.2, -0.15) is 0 Å². The second-order valence-electron chi connectivity index (χ2n) is 12.8. The van der Waals surface area contributed by atoms with Gasteiger partial charge in [0.05, 0.1) is 6.10 Å². The normalized spacial score (nSPS) is 21.0. The third-order valence-electron chi connectivity index (χ3n) is 8.37. The van der Waals surface area contributed by atoms with Gasteiger partial charge < -0.3 is 19.5 Å². The second kappa shape index (κ2) is 16.7. The largest absolute Gasteiger partial charge is 0.490 e. The van der Waals surface area contributed by atoms with Gasteiger partial charge >= 0.3 is 0 Å². The highest BCUT2D eigenvalue weighted by molar-refractivity contribution is 5.81. The molecule has 2 aliphatic rings. The Morgan fingerprint density at radius 3 is 2.39 bits per heavy atom. The SMILES string of the molecule is CC(CCC(C)C(=O)COCCCOC1CN(C(C)C)C1)NC1CC(Oc2cc(F)cc(CCC(=O)C(C)C)c2)C1. The number of rotatable bonds is 20. The molecule has 0 amide bonds. The van der Waals surface area contributed by atoms with Crippen LogP contribution in [0.2, 0.25) is 0 Å². The Morgan fingerprint density at radius 2 is 1.71 bits per heavy atom. The number of carbonyl (C=O) groups excluding carboxylic acids is 2. The summed E-state index contributed by atoms with van der Waals surface area (Å²) in [6, 6.07) is 5.99. The van der Waals surface area contributed by atoms with E-state index >= 15 is 0 Å². The van der Waals surface area contributed by atoms with Gasteiger partial charge in [0, 0.05) is 68.8 Å². The number of carbonyl (C=O) groups is 2. The number of nitrogens with one attached hydrogen (secondary N) is 1. The highest BCUT2D eigenvalue weighted by Gasteiger charge is 2.32. The summed E-state index contributed by atoms with van der Waals surface area (Å²) < 4.78 is 31.6. The first-order valence-electron chi connectivity index (χ1n) is 15.7. The van der Waals surface area contributed by atoms with E-state index in [1.807, 2.05) is 26.8 Å². The van der Waals surface area contributed by atoms with Crippen LogP contribution in [-0.4, -0.2) is 79.7 Å². The summed E-state index contributed by atoms with van der Waals surface area (Å²) in [6.45, 7) is 15.7. The first-order valence-corrected chi connectivity index (χ1v) is 15.7. The summed E-state index contributed by atoms with van der Waals surface area (Å²) >= 11 is 0. The lowest BCUT2D eigenvalue weighted by Gasteiger charge is -2.41. The van der Waals surface area contributed by atoms with Crippen LogP contribution in [0.25, 0.3) is 0 Å². The zero-order chi connectivity index (χ0) is 29.9. The molecule has 8 heteroatoms. The molecule has 41 heavy (non-hydrogen) atoms. The number of hydrogen-bond donors (Lipinski definition) is 1. The van der Waals surface area contributed by atoms with Gasteiger partial charge in [-0.3, -0.25) is 14.5 Å². The predicted octanol–water partition coefficient (Wildman–Crippen LogP) is 5.37. The minimum atomic E-state index is -0.331. The molecule has 1 saturated heterocycles. The Balaban J connectivity index is 1.22. The summed E-state index contributed by atoms with van der Waals surface area (Å²) in [5.41, 5.74) is 0.793. The highest BCUT2D eigenvalue weighted by Crippen LogP contribution is 2.28. The molecule has 3 rings (SSSR count). The summed E-state index contributed by atoms with van der Waals surface area (Å²) in [7, 11) is 0. The van der Waals surface area contributed by atoms with Gasteiger partial charge in [0.1, 0.15) is 30.1 Å². The van der Waals surface area contributed by atoms with Crippen LogP contribution in [0.15, 0.2) is 18.2 Å². The van der Waals surface area contributed by atoms with Crippen molar-refractivity contribution in [3.63, 3.8) is 0 Å². The van der Waals surface area contributed by atoms with Crippen molar-refractivity contribution in [1.29, 1.82) is 0 Å². The summed E-state index contributed by atoms with van der Waals surface area (Å²) in [4.78, 5) is 26.8. The monoisotopic (exact) mass is 576 g/mol. The molecule has 0 aromatic heterocycles. The van der Waals surface area contributed by atoms with E-state index in [-0.39, 0.29) is 41.9 Å². The van der Waals surface area contributed by atoms with Gasteiger partial charge in [0.15, 0.2) is 5.78 Å². The van der Waals surface area contributed by atoms with Crippen molar-refractivity contribution in [2.75, 3.05) is 32.9 Å². The fraction of sp³-hybridized carbons (Fsp3) is 0.758. The van der Waals surface area contributed by atoms with E-state index in [2.05, 4.69) is 31.0 Å². The van der Waals surface area contributed by atoms with Crippen LogP contribution in [-0.2, 0) is 25.5 Å². The molecule has 0 bridgehead atoms. The number of ether oxygens (including phenoxy) is 3. The maximum atomic E-state index is 14.1. The van der Waals surface area contributed by atoms with Crippen molar-refractivity contribution >= 4 is 11.6 Å². The first-order chi connectivity index (χ1) is 19.5. The lowest BCUT2D eigenvalue weighted by Crippen LogP contribution is -2.55. The van der Waals surface area contributed by atoms with E-state index in [4.69, 9.17) is 14.2 Å². The summed E-state index contributed by atoms with van der Waals surface area (Å²) in [5.74, 6) is 0.514. The lowest BCUT2D eigenvalue weighted by molar-refractivity contribution is -0.127. The van der Waals surface area contributed by atoms with Crippen LogP contribution < -0.4 is 10.1 Å². The summed E-state index contributed by atoms with van der Waals surface area (Å²) in [6.07, 6.45) is 5.62. The molecule has 1 aromatic rings. The van der Waals surface area contributed by atoms with Gasteiger partial charge in [-0.15, -0.1) is 0 Å². The molecule has 1 heterocycles. The minimum Gasteiger partial charge on any atom is -0.490 e. The first kappa shape index (κ1) is 33.6. The molecule has 0 radical (unpaired) electrons. The van der Waals surface area contributed by atoms with Gasteiger partial charge in [0.2, 0.25) is 0 Å². The zero-order valence-electron chi connectivity index (χ0n) is 26.1. The Bertz CT molecular complexity index is 959. The minimum absolute atomic E-state index is 0.00666. The van der Waals surface area contributed by atoms with Crippen LogP contribution in [0.3, 0.4) is 0 Å². The van der Waals surface area contributed by atoms with Crippen LogP contribution in [0.4, 0.5) is 4.39 Å². The number of nitrogens with zero attached hydrogens (tertiary/aromatic N) is 1. The standard InChI is InChI=1S/C33H53FN2O5/c1-22(2)32(37)11-10-26-14-27(34)16-29(15-26)41-30-17-28(18-30)35-25(6)9-8-24(5)33(38)21-39-12-7-13-40-31-19-36(20-31)23(3)4/h14-16,22-25,28,30-31,35H,7-13,17-21H2,1-6H3. The molecule has 1 aliphatic carbocycles. The van der Waals surface area contributed by atoms with Crippen LogP contribution >= 0.6 is 0 Å². The molecule has 2 unspecified atom stereocenters. The molecule has 1 aliphatic heterocycles. The molecule has 1 N–H and O–H groups in total. The topological polar surface area (TPSA) is 77.1 Å². The molecular formula is C33H53FN2O5. The van der Waals surface area contributed by atoms with Crippen molar-refractivity contribution in [3.8, 4) is 5.75 Å². The zero-order valence-corrected chi connectivity index (χ0v) is 26.1. The molecule has 2 fully saturated rings. The lowest BCUT2D eigenvalue weighted by atomic mass is 9.88. The number of aryl methyl sites for hydroxylation is 1. The smallest absolute Gasteiger partial charge is 0.161 e. The van der Waals surface area contributed by atoms with Crippen molar-refractivity contribution in [1.82, 2.24) is 10.2 Å². The van der Waals surface area contributed by atoms with E-state index in [0.717, 1.165) is 50.8 Å². The van der Waals surface area contributed by atoms with Crippen molar-refractivity contribution in [2.45, 2.75) is 117 Å². The van der Waals surface area contributed by atoms with E-state index < -0.39 is 0 Å². The fourth-order valence-corrected chi connectivity index (χ4v) is 5.25. The Kier molecular flexibility index (Phi) is 13.7. The van der Waals surface area contributed by atoms with Crippen molar-refractivity contribution < 1.29 is 28.2 Å². The Labute approximate surface area is 246 Å². The fourth-order valence-electron chi connectivity index (χ4n) is 5.25. The quantitative estimate of drug-likeness (QED) is 0.209. The third kappa shape index (κ3) is 11.7. The van der Waals surface area contributed by atoms with E-state index in [1.165, 1.54) is 12.1 Å². The molecule has 1 saturated carbocycles. The third-order valence-corrected chi connectivity index (χ3v) is 8.37. The van der Waals surface area contributed by atoms with Gasteiger partial charge in [-0.1, -0.05) is 20.8 Å². The molecule has 232 valence electrons. The van der Waals surface area contributed by atoms with Crippen molar-refractivity contribution in [2.24, 2.45) is 11.8 Å². The number of benzene rings is 1. The maximum Gasteiger partial charge on any atom is 0.161 e. The van der Waals surface area contributed by atoms with Crippen molar-refractivity contribution in [3.05, 3.63) is 29.6 Å². The van der Waals surface area contributed by atoms with Crippen LogP contribution in [0, 0.1) is 17.7 Å². The molecule has 0 spiro atoms. The number of hydrogen-bond acceptors (Lipinski definition) is 7. The Hall–Kier alpha value is -1.87. The molecular weight excluding hydrogens is 523 g/mol. The summed E-state index contributed by atoms with van der Waals surface area (Å²) in [5, 5.41) is 3.64. The highest BCUT2D eigenvalue weighted by atomic mass is 19.1. The van der Waals surface area contributed by atoms with Crippen LogP contribution in [0.1, 0.15) is 85.6 Å². The molecule has 2 atom stereocenters. The molecule has 1 aromatic carbocycles. The number of Topliss-reactive ketones (excluding diaryl/α,β-unsaturated/α-hetero) is 2. The van der Waals surface area contributed by atoms with E-state index in [1.54, 1.807) is 0 Å². The number of ketones is 2. The maximum absolute atomic E-state index is 14.1. The van der Waals surface area contributed by atoms with E-state index in [9.17, 15) is 14.0 Å². The second-order valence-corrected chi connectivity index (χ2v) is 12.8. The predicted molar refractivity (Wildman–Crippen MR) is 160 cm³/mol. The van der Waals surface area contributed by atoms with Gasteiger partial charge in [-0.05, 0) is 77.0 Å². The average molecular weight is 577 g/mol. The van der Waals surface area contributed by atoms with E-state index in [0.29, 0.717) is 56.0 Å². The van der Waals surface area contributed by atoms with Gasteiger partial charge in [0.25, 0.3) is 0 Å².